The van der Waals surface area contributed by atoms with Crippen LogP contribution in [0, 0.1) is 59.2 Å². The van der Waals surface area contributed by atoms with E-state index in [1.54, 1.807) is 13.3 Å². The molecule has 6 atom stereocenters. The van der Waals surface area contributed by atoms with Gasteiger partial charge in [0.05, 0.1) is 7.11 Å². The lowest BCUT2D eigenvalue weighted by atomic mass is 9.58. The number of piperidine rings is 6. The highest BCUT2D eigenvalue weighted by Crippen LogP contribution is 2.50. The molecule has 8 heteroatoms. The van der Waals surface area contributed by atoms with E-state index in [9.17, 15) is 14.4 Å². The maximum atomic E-state index is 12.6. The maximum absolute atomic E-state index is 12.6. The second-order valence-corrected chi connectivity index (χ2v) is 22.6. The van der Waals surface area contributed by atoms with Crippen LogP contribution in [-0.4, -0.2) is 100 Å². The van der Waals surface area contributed by atoms with Crippen molar-refractivity contribution in [1.82, 2.24) is 19.7 Å². The molecule has 8 nitrogen and oxygen atoms in total. The Morgan fingerprint density at radius 1 is 0.576 bits per heavy atom. The fourth-order valence-electron chi connectivity index (χ4n) is 11.3. The van der Waals surface area contributed by atoms with E-state index in [0.29, 0.717) is 89.3 Å². The number of aromatic nitrogens is 1. The van der Waals surface area contributed by atoms with E-state index in [1.807, 2.05) is 30.3 Å². The Bertz CT molecular complexity index is 1700. The highest BCUT2D eigenvalue weighted by atomic mass is 16.5. The average Bonchev–Trinajstić information content (AvgIpc) is 3.14. The molecule has 5 aliphatic heterocycles. The van der Waals surface area contributed by atoms with Gasteiger partial charge in [-0.1, -0.05) is 50.2 Å². The second kappa shape index (κ2) is 18.2. The molecule has 1 aromatic carbocycles. The monoisotopic (exact) mass is 811 g/mol. The molecule has 0 N–H and O–H groups in total. The van der Waals surface area contributed by atoms with Crippen molar-refractivity contribution in [3.05, 3.63) is 59.8 Å². The highest BCUT2D eigenvalue weighted by Gasteiger charge is 2.53. The zero-order valence-electron chi connectivity index (χ0n) is 38.8. The van der Waals surface area contributed by atoms with Crippen molar-refractivity contribution in [2.75, 3.05) is 46.4 Å². The number of carbonyl (C=O) groups excluding carboxylic acids is 3. The molecule has 10 rings (SSSR count). The van der Waals surface area contributed by atoms with Crippen molar-refractivity contribution in [1.29, 1.82) is 0 Å². The minimum Gasteiger partial charge on any atom is -0.481 e. The zero-order valence-corrected chi connectivity index (χ0v) is 38.8. The van der Waals surface area contributed by atoms with E-state index in [1.165, 1.54) is 19.3 Å². The summed E-state index contributed by atoms with van der Waals surface area (Å²) in [6.45, 7) is 31.4. The minimum atomic E-state index is 0.213. The first kappa shape index (κ1) is 45.6. The first-order valence-corrected chi connectivity index (χ1v) is 23.0. The van der Waals surface area contributed by atoms with Crippen LogP contribution in [0.2, 0.25) is 0 Å². The van der Waals surface area contributed by atoms with E-state index < -0.39 is 0 Å². The van der Waals surface area contributed by atoms with Crippen LogP contribution >= 0.6 is 0 Å². The van der Waals surface area contributed by atoms with Gasteiger partial charge in [0.2, 0.25) is 5.88 Å². The van der Waals surface area contributed by atoms with Gasteiger partial charge in [0.25, 0.3) is 0 Å². The molecule has 1 aromatic heterocycles. The van der Waals surface area contributed by atoms with Gasteiger partial charge in [0.1, 0.15) is 17.3 Å². The van der Waals surface area contributed by atoms with Gasteiger partial charge in [-0.25, -0.2) is 4.98 Å². The van der Waals surface area contributed by atoms with E-state index >= 15 is 0 Å². The predicted molar refractivity (Wildman–Crippen MR) is 238 cm³/mol. The fraction of sp³-hybridized carbons (Fsp3) is 0.725. The van der Waals surface area contributed by atoms with Gasteiger partial charge in [0, 0.05) is 105 Å². The van der Waals surface area contributed by atoms with Gasteiger partial charge >= 0.3 is 0 Å². The van der Waals surface area contributed by atoms with Crippen molar-refractivity contribution in [3.8, 4) is 5.88 Å². The number of nitrogens with zero attached hydrogens (tertiary/aromatic N) is 4. The van der Waals surface area contributed by atoms with Crippen LogP contribution in [-0.2, 0) is 27.2 Å². The van der Waals surface area contributed by atoms with Crippen LogP contribution in [0.3, 0.4) is 0 Å². The summed E-state index contributed by atoms with van der Waals surface area (Å²) in [6, 6.07) is 13.9. The standard InChI is InChI=1S/C18H26N2O2.C18H25NO.C15H27NO/c1-18(2,3)20-10-13-8-14(11-20)17(13)15(21)7-12-5-6-16(22-4)19-9-12;1-18(2,3)19-11-14-10-15(12-19)17(14)16(20)9-13-7-5-4-6-8-13;1-10(2)6-13(17)14-11-7-12(14)9-16(8-11)15(3,4)5/h5-6,9,13-14,17H,7-8,10-11H2,1-4H3;4-8,14-15,17H,9-12H2,1-3H3;10-12,14H,6-9H2,1-5H3. The lowest BCUT2D eigenvalue weighted by Gasteiger charge is -2.56. The number of methoxy groups -OCH3 is 1. The summed E-state index contributed by atoms with van der Waals surface area (Å²) in [7, 11) is 1.60. The zero-order chi connectivity index (χ0) is 43.0. The Morgan fingerprint density at radius 2 is 0.949 bits per heavy atom. The third-order valence-corrected chi connectivity index (χ3v) is 14.8. The first-order valence-electron chi connectivity index (χ1n) is 23.0. The van der Waals surface area contributed by atoms with Crippen LogP contribution in [0.4, 0.5) is 0 Å². The third kappa shape index (κ3) is 10.9. The second-order valence-electron chi connectivity index (χ2n) is 22.6. The number of pyridine rings is 1. The van der Waals surface area contributed by atoms with Gasteiger partial charge in [-0.2, -0.15) is 0 Å². The van der Waals surface area contributed by atoms with E-state index in [2.05, 4.69) is 108 Å². The molecule has 8 fully saturated rings. The van der Waals surface area contributed by atoms with Gasteiger partial charge in [-0.05, 0) is 134 Å². The summed E-state index contributed by atoms with van der Waals surface area (Å²) >= 11 is 0. The van der Waals surface area contributed by atoms with Crippen LogP contribution in [0.5, 0.6) is 5.88 Å². The Labute approximate surface area is 357 Å². The predicted octanol–water partition coefficient (Wildman–Crippen LogP) is 8.70. The Kier molecular flexibility index (Phi) is 14.1. The van der Waals surface area contributed by atoms with Crippen molar-refractivity contribution in [2.24, 2.45) is 59.2 Å². The molecule has 59 heavy (non-hydrogen) atoms. The van der Waals surface area contributed by atoms with Gasteiger partial charge < -0.3 is 4.74 Å². The van der Waals surface area contributed by atoms with Crippen LogP contribution in [0.25, 0.3) is 0 Å². The van der Waals surface area contributed by atoms with Crippen molar-refractivity contribution >= 4 is 17.3 Å². The largest absolute Gasteiger partial charge is 0.481 e. The molecule has 3 saturated carbocycles. The molecule has 6 unspecified atom stereocenters. The summed E-state index contributed by atoms with van der Waals surface area (Å²) in [5.41, 5.74) is 2.87. The summed E-state index contributed by atoms with van der Waals surface area (Å²) in [6.07, 6.45) is 7.45. The minimum absolute atomic E-state index is 0.213. The number of rotatable bonds is 10. The average molecular weight is 811 g/mol. The molecular formula is C51H78N4O4. The van der Waals surface area contributed by atoms with Crippen molar-refractivity contribution in [3.63, 3.8) is 0 Å². The number of fused-ring (bicyclic) bond motifs is 6. The number of Topliss-reactive ketones (excluding diaryl/α,β-unsaturated/α-hetero) is 3. The molecule has 0 spiro atoms. The molecule has 0 amide bonds. The molecule has 0 radical (unpaired) electrons. The number of likely N-dealkylation sites (tertiary alicyclic amines) is 1. The van der Waals surface area contributed by atoms with Gasteiger partial charge in [-0.15, -0.1) is 0 Å². The number of carbonyl (C=O) groups is 3. The summed E-state index contributed by atoms with van der Waals surface area (Å²) in [5.74, 6) is 7.10. The van der Waals surface area contributed by atoms with Crippen LogP contribution in [0.1, 0.15) is 113 Å². The molecule has 2 aromatic rings. The molecule has 6 bridgehead atoms. The normalized spacial score (nSPS) is 30.3. The lowest BCUT2D eigenvalue weighted by molar-refractivity contribution is -0.144. The van der Waals surface area contributed by atoms with Crippen LogP contribution < -0.4 is 4.74 Å². The van der Waals surface area contributed by atoms with E-state index in [-0.39, 0.29) is 22.5 Å². The SMILES string of the molecule is CC(C)(C)N1CC2CC(C1)C2C(=O)Cc1ccccc1.CC(C)CC(=O)C1C2CC1CN(C(C)(C)C)C2.COc1ccc(CC(=O)C2C3CC2CN(C(C)(C)C)C3)cn1. The summed E-state index contributed by atoms with van der Waals surface area (Å²) in [4.78, 5) is 49.2. The topological polar surface area (TPSA) is 83.1 Å². The smallest absolute Gasteiger partial charge is 0.212 e. The fourth-order valence-corrected chi connectivity index (χ4v) is 11.3. The van der Waals surface area contributed by atoms with Gasteiger partial charge in [-0.3, -0.25) is 29.1 Å². The molecular weight excluding hydrogens is 733 g/mol. The molecule has 5 saturated heterocycles. The molecule has 6 heterocycles. The number of ketones is 3. The van der Waals surface area contributed by atoms with Crippen LogP contribution in [0.15, 0.2) is 48.7 Å². The first-order chi connectivity index (χ1) is 27.6. The maximum Gasteiger partial charge on any atom is 0.212 e. The molecule has 326 valence electrons. The quantitative estimate of drug-likeness (QED) is 0.236. The van der Waals surface area contributed by atoms with E-state index in [0.717, 1.165) is 56.8 Å². The number of hydrogen-bond donors (Lipinski definition) is 0. The number of hydrogen-bond acceptors (Lipinski definition) is 8. The Hall–Kier alpha value is -2.94. The Balaban J connectivity index is 0.000000150. The van der Waals surface area contributed by atoms with E-state index in [4.69, 9.17) is 4.74 Å². The Morgan fingerprint density at radius 3 is 1.27 bits per heavy atom. The molecule has 3 aliphatic carbocycles. The van der Waals surface area contributed by atoms with Gasteiger partial charge in [0.15, 0.2) is 0 Å². The van der Waals surface area contributed by atoms with Crippen molar-refractivity contribution < 1.29 is 19.1 Å². The third-order valence-electron chi connectivity index (χ3n) is 14.8. The summed E-state index contributed by atoms with van der Waals surface area (Å²) in [5, 5.41) is 0. The molecule has 8 aliphatic rings. The highest BCUT2D eigenvalue weighted by molar-refractivity contribution is 5.85. The lowest BCUT2D eigenvalue weighted by Crippen LogP contribution is -2.61. The number of benzene rings is 1. The summed E-state index contributed by atoms with van der Waals surface area (Å²) < 4.78 is 5.06. The number of ether oxygens (including phenoxy) is 1. The van der Waals surface area contributed by atoms with Crippen molar-refractivity contribution in [2.45, 2.75) is 131 Å².